The molecule has 2 aromatic carbocycles. The second-order valence-corrected chi connectivity index (χ2v) is 7.66. The minimum Gasteiger partial charge on any atom is -0.497 e. The van der Waals surface area contributed by atoms with Crippen LogP contribution in [0.1, 0.15) is 25.2 Å². The Morgan fingerprint density at radius 3 is 2.28 bits per heavy atom. The molecule has 184 valence electrons. The number of rotatable bonds is 10. The van der Waals surface area contributed by atoms with Gasteiger partial charge >= 0.3 is 0 Å². The van der Waals surface area contributed by atoms with Crippen LogP contribution in [0.25, 0.3) is 0 Å². The maximum Gasteiger partial charge on any atom is 0.250 e. The number of hydrazone groups is 1. The Hall–Kier alpha value is -4.93. The Kier molecular flexibility index (Phi) is 7.71. The second-order valence-electron chi connectivity index (χ2n) is 7.66. The fourth-order valence-electron chi connectivity index (χ4n) is 3.14. The van der Waals surface area contributed by atoms with Crippen LogP contribution in [0.2, 0.25) is 0 Å². The monoisotopic (exact) mass is 486 g/mol. The molecule has 4 rings (SSSR count). The molecule has 0 aliphatic heterocycles. The largest absolute Gasteiger partial charge is 0.497 e. The van der Waals surface area contributed by atoms with Gasteiger partial charge in [-0.15, -0.1) is 0 Å². The molecule has 2 heterocycles. The van der Waals surface area contributed by atoms with Crippen LogP contribution in [-0.4, -0.2) is 33.7 Å². The number of carbonyl (C=O) groups is 1. The molecular weight excluding hydrogens is 460 g/mol. The highest BCUT2D eigenvalue weighted by molar-refractivity contribution is 5.99. The van der Waals surface area contributed by atoms with Crippen molar-refractivity contribution in [1.29, 1.82) is 0 Å². The van der Waals surface area contributed by atoms with Crippen molar-refractivity contribution in [3.8, 4) is 5.75 Å². The number of anilines is 5. The van der Waals surface area contributed by atoms with E-state index in [1.165, 1.54) is 6.92 Å². The molecule has 0 unspecified atom stereocenters. The topological polar surface area (TPSA) is 139 Å². The zero-order chi connectivity index (χ0) is 25.3. The first-order chi connectivity index (χ1) is 17.5. The van der Waals surface area contributed by atoms with Gasteiger partial charge < -0.3 is 25.1 Å². The van der Waals surface area contributed by atoms with Crippen LogP contribution in [0.3, 0.4) is 0 Å². The summed E-state index contributed by atoms with van der Waals surface area (Å²) in [5.41, 5.74) is 5.98. The molecule has 0 saturated carbocycles. The first-order valence-electron chi connectivity index (χ1n) is 11.1. The third-order valence-corrected chi connectivity index (χ3v) is 4.93. The number of hydrogen-bond acceptors (Lipinski definition) is 10. The summed E-state index contributed by atoms with van der Waals surface area (Å²) in [6, 6.07) is 18.4. The van der Waals surface area contributed by atoms with Crippen LogP contribution in [0, 0.1) is 0 Å². The van der Waals surface area contributed by atoms with Crippen molar-refractivity contribution < 1.29 is 13.9 Å². The van der Waals surface area contributed by atoms with Gasteiger partial charge in [-0.1, -0.05) is 12.1 Å². The summed E-state index contributed by atoms with van der Waals surface area (Å²) in [6.45, 7) is 3.73. The fourth-order valence-corrected chi connectivity index (χ4v) is 3.14. The molecule has 1 amide bonds. The van der Waals surface area contributed by atoms with Gasteiger partial charge in [-0.25, -0.2) is 5.43 Å². The minimum atomic E-state index is -0.125. The van der Waals surface area contributed by atoms with Crippen molar-refractivity contribution in [3.63, 3.8) is 0 Å². The molecule has 36 heavy (non-hydrogen) atoms. The number of amides is 1. The van der Waals surface area contributed by atoms with E-state index in [0.29, 0.717) is 29.8 Å². The van der Waals surface area contributed by atoms with Gasteiger partial charge in [0.1, 0.15) is 11.5 Å². The van der Waals surface area contributed by atoms with E-state index >= 15 is 0 Å². The smallest absolute Gasteiger partial charge is 0.250 e. The molecule has 0 saturated heterocycles. The van der Waals surface area contributed by atoms with Crippen LogP contribution in [0.4, 0.5) is 29.2 Å². The molecule has 11 nitrogen and oxygen atoms in total. The predicted octanol–water partition coefficient (Wildman–Crippen LogP) is 4.62. The molecule has 2 aromatic heterocycles. The van der Waals surface area contributed by atoms with Gasteiger partial charge in [-0.05, 0) is 61.0 Å². The quantitative estimate of drug-likeness (QED) is 0.187. The van der Waals surface area contributed by atoms with Crippen LogP contribution in [0.15, 0.2) is 76.4 Å². The number of benzene rings is 2. The van der Waals surface area contributed by atoms with Gasteiger partial charge in [0, 0.05) is 18.3 Å². The van der Waals surface area contributed by atoms with Gasteiger partial charge in [0.05, 0.1) is 25.6 Å². The number of hydrogen-bond donors (Lipinski definition) is 4. The first kappa shape index (κ1) is 24.2. The van der Waals surface area contributed by atoms with Crippen molar-refractivity contribution in [2.24, 2.45) is 5.10 Å². The zero-order valence-electron chi connectivity index (χ0n) is 20.1. The highest BCUT2D eigenvalue weighted by Gasteiger charge is 2.09. The van der Waals surface area contributed by atoms with Crippen molar-refractivity contribution in [2.45, 2.75) is 20.4 Å². The maximum absolute atomic E-state index is 11.2. The van der Waals surface area contributed by atoms with E-state index in [4.69, 9.17) is 9.15 Å². The third-order valence-electron chi connectivity index (χ3n) is 4.93. The molecule has 4 aromatic rings. The van der Waals surface area contributed by atoms with Crippen LogP contribution >= 0.6 is 0 Å². The van der Waals surface area contributed by atoms with Crippen LogP contribution < -0.4 is 26.1 Å². The lowest BCUT2D eigenvalue weighted by Crippen LogP contribution is -2.10. The molecule has 0 radical (unpaired) electrons. The van der Waals surface area contributed by atoms with Gasteiger partial charge in [-0.3, -0.25) is 4.79 Å². The molecule has 11 heteroatoms. The van der Waals surface area contributed by atoms with Crippen molar-refractivity contribution >= 4 is 40.8 Å². The summed E-state index contributed by atoms with van der Waals surface area (Å²) >= 11 is 0. The molecule has 0 spiro atoms. The Morgan fingerprint density at radius 2 is 1.61 bits per heavy atom. The third kappa shape index (κ3) is 6.79. The number of aromatic nitrogens is 3. The molecule has 0 aliphatic rings. The van der Waals surface area contributed by atoms with Crippen molar-refractivity contribution in [3.05, 3.63) is 78.3 Å². The van der Waals surface area contributed by atoms with E-state index in [0.717, 1.165) is 22.8 Å². The van der Waals surface area contributed by atoms with E-state index in [1.54, 1.807) is 13.4 Å². The van der Waals surface area contributed by atoms with E-state index in [9.17, 15) is 4.79 Å². The molecule has 0 bridgehead atoms. The molecule has 0 atom stereocenters. The number of nitrogens with one attached hydrogen (secondary N) is 4. The summed E-state index contributed by atoms with van der Waals surface area (Å²) < 4.78 is 10.6. The van der Waals surface area contributed by atoms with Gasteiger partial charge in [-0.2, -0.15) is 20.1 Å². The molecule has 0 fully saturated rings. The number of nitrogens with zero attached hydrogens (tertiary/aromatic N) is 4. The minimum absolute atomic E-state index is 0.125. The fraction of sp³-hybridized carbons (Fsp3) is 0.160. The Bertz CT molecular complexity index is 1320. The summed E-state index contributed by atoms with van der Waals surface area (Å²) in [5, 5.41) is 13.5. The van der Waals surface area contributed by atoms with Crippen LogP contribution in [0.5, 0.6) is 5.75 Å². The lowest BCUT2D eigenvalue weighted by Gasteiger charge is -2.10. The highest BCUT2D eigenvalue weighted by Crippen LogP contribution is 2.20. The summed E-state index contributed by atoms with van der Waals surface area (Å²) in [5.74, 6) is 2.28. The SMILES string of the molecule is COc1ccc(Nc2nc(NCc3ccco3)nc(NN=C(C)c3ccc(NC(C)=O)cc3)n2)cc1. The predicted molar refractivity (Wildman–Crippen MR) is 139 cm³/mol. The average Bonchev–Trinajstić information content (AvgIpc) is 3.40. The lowest BCUT2D eigenvalue weighted by atomic mass is 10.1. The highest BCUT2D eigenvalue weighted by atomic mass is 16.5. The Labute approximate surface area is 208 Å². The van der Waals surface area contributed by atoms with Gasteiger partial charge in [0.2, 0.25) is 23.8 Å². The van der Waals surface area contributed by atoms with E-state index in [2.05, 4.69) is 41.4 Å². The Balaban J connectivity index is 1.52. The van der Waals surface area contributed by atoms with E-state index < -0.39 is 0 Å². The number of carbonyl (C=O) groups excluding carboxylic acids is 1. The maximum atomic E-state index is 11.2. The van der Waals surface area contributed by atoms with Crippen LogP contribution in [-0.2, 0) is 11.3 Å². The van der Waals surface area contributed by atoms with E-state index in [1.807, 2.05) is 67.6 Å². The van der Waals surface area contributed by atoms with Gasteiger partial charge in [0.25, 0.3) is 0 Å². The summed E-state index contributed by atoms with van der Waals surface area (Å²) in [7, 11) is 1.61. The van der Waals surface area contributed by atoms with Gasteiger partial charge in [0.15, 0.2) is 0 Å². The number of ether oxygens (including phenoxy) is 1. The molecular formula is C25H26N8O3. The van der Waals surface area contributed by atoms with E-state index in [-0.39, 0.29) is 11.9 Å². The standard InChI is InChI=1S/C25H26N8O3/c1-16(18-6-8-19(9-7-18)27-17(2)34)32-33-25-30-23(26-15-22-5-4-14-36-22)29-24(31-25)28-20-10-12-21(35-3)13-11-20/h4-14H,15H2,1-3H3,(H,27,34)(H3,26,28,29,30,31,33). The summed E-state index contributed by atoms with van der Waals surface area (Å²) in [6.07, 6.45) is 1.61. The second kappa shape index (κ2) is 11.5. The summed E-state index contributed by atoms with van der Waals surface area (Å²) in [4.78, 5) is 24.5. The number of methoxy groups -OCH3 is 1. The zero-order valence-corrected chi connectivity index (χ0v) is 20.1. The molecule has 4 N–H and O–H groups in total. The molecule has 0 aliphatic carbocycles. The first-order valence-corrected chi connectivity index (χ1v) is 11.1. The average molecular weight is 487 g/mol. The lowest BCUT2D eigenvalue weighted by molar-refractivity contribution is -0.114. The van der Waals surface area contributed by atoms with Crippen molar-refractivity contribution in [1.82, 2.24) is 15.0 Å². The number of furan rings is 1. The normalized spacial score (nSPS) is 11.0. The van der Waals surface area contributed by atoms with Crippen molar-refractivity contribution in [2.75, 3.05) is 28.5 Å². The Morgan fingerprint density at radius 1 is 0.917 bits per heavy atom.